The third-order valence-electron chi connectivity index (χ3n) is 4.86. The predicted octanol–water partition coefficient (Wildman–Crippen LogP) is 3.00. The lowest BCUT2D eigenvalue weighted by molar-refractivity contribution is -0.122. The van der Waals surface area contributed by atoms with Gasteiger partial charge in [-0.25, -0.2) is 4.39 Å². The van der Waals surface area contributed by atoms with Gasteiger partial charge in [-0.3, -0.25) is 9.59 Å². The second kappa shape index (κ2) is 8.20. The number of hydrogen-bond donors (Lipinski definition) is 1. The topological polar surface area (TPSA) is 72.6 Å². The quantitative estimate of drug-likeness (QED) is 0.850. The normalized spacial score (nSPS) is 19.5. The monoisotopic (exact) mass is 370 g/mol. The van der Waals surface area contributed by atoms with E-state index in [1.807, 2.05) is 30.3 Å². The summed E-state index contributed by atoms with van der Waals surface area (Å²) in [5, 5.41) is 0. The molecule has 1 aliphatic heterocycles. The van der Waals surface area contributed by atoms with Gasteiger partial charge in [0.1, 0.15) is 11.6 Å². The van der Waals surface area contributed by atoms with E-state index in [0.29, 0.717) is 24.4 Å². The highest BCUT2D eigenvalue weighted by atomic mass is 19.1. The van der Waals surface area contributed by atoms with Gasteiger partial charge in [-0.15, -0.1) is 0 Å². The van der Waals surface area contributed by atoms with Crippen molar-refractivity contribution in [3.63, 3.8) is 0 Å². The number of nitrogens with zero attached hydrogens (tertiary/aromatic N) is 1. The fourth-order valence-corrected chi connectivity index (χ4v) is 3.62. The van der Waals surface area contributed by atoms with Crippen LogP contribution in [0.4, 0.5) is 4.39 Å². The maximum absolute atomic E-state index is 13.5. The number of primary amides is 1. The number of para-hydroxylation sites is 1. The van der Waals surface area contributed by atoms with E-state index in [0.717, 1.165) is 12.8 Å². The van der Waals surface area contributed by atoms with Gasteiger partial charge in [0.2, 0.25) is 5.91 Å². The molecule has 1 aliphatic rings. The summed E-state index contributed by atoms with van der Waals surface area (Å²) in [6, 6.07) is 15.0. The number of hydrogen-bond acceptors (Lipinski definition) is 3. The zero-order valence-corrected chi connectivity index (χ0v) is 15.1. The Labute approximate surface area is 157 Å². The second-order valence-corrected chi connectivity index (χ2v) is 7.09. The Morgan fingerprint density at radius 3 is 2.63 bits per heavy atom. The van der Waals surface area contributed by atoms with Crippen LogP contribution in [0.5, 0.6) is 5.75 Å². The molecule has 2 N–H and O–H groups in total. The molecule has 0 unspecified atom stereocenters. The van der Waals surface area contributed by atoms with Gasteiger partial charge in [0.25, 0.3) is 5.91 Å². The van der Waals surface area contributed by atoms with Gasteiger partial charge in [-0.05, 0) is 43.2 Å². The van der Waals surface area contributed by atoms with Crippen molar-refractivity contribution < 1.29 is 18.7 Å². The fraction of sp³-hybridized carbons (Fsp3) is 0.333. The van der Waals surface area contributed by atoms with Crippen molar-refractivity contribution in [1.82, 2.24) is 4.90 Å². The molecule has 0 radical (unpaired) electrons. The lowest BCUT2D eigenvalue weighted by atomic mass is 9.77. The van der Waals surface area contributed by atoms with Crippen molar-refractivity contribution >= 4 is 11.8 Å². The summed E-state index contributed by atoms with van der Waals surface area (Å²) < 4.78 is 19.4. The molecule has 2 aromatic rings. The Morgan fingerprint density at radius 2 is 1.93 bits per heavy atom. The van der Waals surface area contributed by atoms with Crippen molar-refractivity contribution in [1.29, 1.82) is 0 Å². The number of carbonyl (C=O) groups is 2. The summed E-state index contributed by atoms with van der Waals surface area (Å²) in [5.74, 6) is -0.418. The first-order valence-corrected chi connectivity index (χ1v) is 8.98. The molecule has 5 nitrogen and oxygen atoms in total. The zero-order valence-electron chi connectivity index (χ0n) is 15.1. The molecule has 1 saturated heterocycles. The fourth-order valence-electron chi connectivity index (χ4n) is 3.62. The molecule has 2 amide bonds. The van der Waals surface area contributed by atoms with Crippen LogP contribution in [0.3, 0.4) is 0 Å². The minimum Gasteiger partial charge on any atom is -0.493 e. The molecule has 1 fully saturated rings. The summed E-state index contributed by atoms with van der Waals surface area (Å²) in [5.41, 5.74) is 5.23. The number of nitrogens with two attached hydrogens (primary N) is 1. The minimum absolute atomic E-state index is 0.132. The Kier molecular flexibility index (Phi) is 5.74. The van der Waals surface area contributed by atoms with E-state index in [-0.39, 0.29) is 18.9 Å². The van der Waals surface area contributed by atoms with E-state index < -0.39 is 17.1 Å². The van der Waals surface area contributed by atoms with Gasteiger partial charge in [-0.1, -0.05) is 24.3 Å². The van der Waals surface area contributed by atoms with Gasteiger partial charge >= 0.3 is 0 Å². The Morgan fingerprint density at radius 1 is 1.15 bits per heavy atom. The van der Waals surface area contributed by atoms with Crippen molar-refractivity contribution in [3.05, 3.63) is 66.0 Å². The summed E-state index contributed by atoms with van der Waals surface area (Å²) in [6.07, 6.45) is 1.59. The maximum Gasteiger partial charge on any atom is 0.253 e. The third kappa shape index (κ3) is 4.84. The van der Waals surface area contributed by atoms with Gasteiger partial charge in [0.05, 0.1) is 6.61 Å². The summed E-state index contributed by atoms with van der Waals surface area (Å²) in [7, 11) is 0. The first kappa shape index (κ1) is 18.9. The minimum atomic E-state index is -0.553. The zero-order chi connectivity index (χ0) is 19.3. The van der Waals surface area contributed by atoms with Crippen molar-refractivity contribution in [3.8, 4) is 5.75 Å². The second-order valence-electron chi connectivity index (χ2n) is 7.09. The molecule has 2 aromatic carbocycles. The molecular weight excluding hydrogens is 347 g/mol. The van der Waals surface area contributed by atoms with Crippen LogP contribution in [0.2, 0.25) is 0 Å². The van der Waals surface area contributed by atoms with Crippen LogP contribution in [0.15, 0.2) is 54.6 Å². The van der Waals surface area contributed by atoms with Crippen LogP contribution in [-0.2, 0) is 4.79 Å². The molecule has 1 atom stereocenters. The van der Waals surface area contributed by atoms with Crippen LogP contribution in [0.25, 0.3) is 0 Å². The van der Waals surface area contributed by atoms with Gasteiger partial charge in [0.15, 0.2) is 0 Å². The van der Waals surface area contributed by atoms with E-state index in [4.69, 9.17) is 10.5 Å². The van der Waals surface area contributed by atoms with Crippen molar-refractivity contribution in [2.75, 3.05) is 19.7 Å². The molecule has 1 heterocycles. The first-order valence-electron chi connectivity index (χ1n) is 8.98. The predicted molar refractivity (Wildman–Crippen MR) is 99.7 cm³/mol. The largest absolute Gasteiger partial charge is 0.493 e. The number of ether oxygens (including phenoxy) is 1. The van der Waals surface area contributed by atoms with E-state index in [9.17, 15) is 14.0 Å². The highest BCUT2D eigenvalue weighted by molar-refractivity contribution is 5.94. The van der Waals surface area contributed by atoms with Crippen LogP contribution in [0, 0.1) is 11.2 Å². The summed E-state index contributed by atoms with van der Waals surface area (Å²) >= 11 is 0. The maximum atomic E-state index is 13.5. The average molecular weight is 370 g/mol. The molecule has 0 saturated carbocycles. The van der Waals surface area contributed by atoms with Crippen LogP contribution >= 0.6 is 0 Å². The SMILES string of the molecule is NC(=O)C[C@@]1(COc2ccccc2)CCCN(C(=O)c2cccc(F)c2)C1. The van der Waals surface area contributed by atoms with Crippen LogP contribution in [-0.4, -0.2) is 36.4 Å². The van der Waals surface area contributed by atoms with Crippen LogP contribution in [0.1, 0.15) is 29.6 Å². The van der Waals surface area contributed by atoms with Crippen molar-refractivity contribution in [2.45, 2.75) is 19.3 Å². The molecule has 142 valence electrons. The lowest BCUT2D eigenvalue weighted by Crippen LogP contribution is -2.50. The number of likely N-dealkylation sites (tertiary alicyclic amines) is 1. The van der Waals surface area contributed by atoms with Gasteiger partial charge in [0, 0.05) is 30.5 Å². The third-order valence-corrected chi connectivity index (χ3v) is 4.86. The lowest BCUT2D eigenvalue weighted by Gasteiger charge is -2.42. The molecular formula is C21H23FN2O3. The number of amides is 2. The smallest absolute Gasteiger partial charge is 0.253 e. The van der Waals surface area contributed by atoms with E-state index in [1.54, 1.807) is 11.0 Å². The van der Waals surface area contributed by atoms with E-state index >= 15 is 0 Å². The number of halogens is 1. The number of piperidine rings is 1. The number of rotatable bonds is 6. The Bertz CT molecular complexity index is 812. The standard InChI is InChI=1S/C21H23FN2O3/c22-17-7-4-6-16(12-17)20(26)24-11-5-10-21(14-24,13-19(23)25)15-27-18-8-2-1-3-9-18/h1-4,6-9,12H,5,10-11,13-15H2,(H2,23,25)/t21-/m0/s1. The number of benzene rings is 2. The Hall–Kier alpha value is -2.89. The average Bonchev–Trinajstić information content (AvgIpc) is 2.66. The first-order chi connectivity index (χ1) is 13.0. The van der Waals surface area contributed by atoms with E-state index in [1.165, 1.54) is 18.2 Å². The molecule has 0 aliphatic carbocycles. The molecule has 0 aromatic heterocycles. The highest BCUT2D eigenvalue weighted by Crippen LogP contribution is 2.35. The summed E-state index contributed by atoms with van der Waals surface area (Å²) in [4.78, 5) is 26.2. The van der Waals surface area contributed by atoms with E-state index in [2.05, 4.69) is 0 Å². The van der Waals surface area contributed by atoms with Crippen LogP contribution < -0.4 is 10.5 Å². The molecule has 6 heteroatoms. The Balaban J connectivity index is 1.77. The number of carbonyl (C=O) groups excluding carboxylic acids is 2. The summed E-state index contributed by atoms with van der Waals surface area (Å²) in [6.45, 7) is 1.19. The van der Waals surface area contributed by atoms with Gasteiger partial charge < -0.3 is 15.4 Å². The molecule has 27 heavy (non-hydrogen) atoms. The van der Waals surface area contributed by atoms with Gasteiger partial charge in [-0.2, -0.15) is 0 Å². The molecule has 3 rings (SSSR count). The van der Waals surface area contributed by atoms with Crippen molar-refractivity contribution in [2.24, 2.45) is 11.1 Å². The molecule has 0 spiro atoms. The molecule has 0 bridgehead atoms. The highest BCUT2D eigenvalue weighted by Gasteiger charge is 2.39.